The second kappa shape index (κ2) is 7.15. The number of benzene rings is 1. The number of aliphatic hydroxyl groups is 1. The Hall–Kier alpha value is -1.54. The second-order valence-electron chi connectivity index (χ2n) is 4.55. The van der Waals surface area contributed by atoms with Crippen LogP contribution >= 0.6 is 11.6 Å². The number of furan rings is 1. The van der Waals surface area contributed by atoms with Crippen molar-refractivity contribution in [2.45, 2.75) is 17.4 Å². The normalized spacial score (nSPS) is 13.0. The molecule has 1 aromatic heterocycles. The lowest BCUT2D eigenvalue weighted by Gasteiger charge is -2.12. The average molecular weight is 346 g/mol. The molecule has 2 N–H and O–H groups in total. The van der Waals surface area contributed by atoms with Gasteiger partial charge in [-0.15, -0.1) is 0 Å². The van der Waals surface area contributed by atoms with Crippen molar-refractivity contribution in [3.63, 3.8) is 0 Å². The second-order valence-corrected chi connectivity index (χ2v) is 6.73. The Labute approximate surface area is 133 Å². The minimum atomic E-state index is -3.78. The minimum Gasteiger partial charge on any atom is -0.495 e. The third-order valence-electron chi connectivity index (χ3n) is 3.05. The molecule has 0 spiro atoms. The summed E-state index contributed by atoms with van der Waals surface area (Å²) in [6, 6.07) is 5.97. The van der Waals surface area contributed by atoms with Gasteiger partial charge in [0, 0.05) is 17.1 Å². The molecule has 1 heterocycles. The number of hydrogen-bond acceptors (Lipinski definition) is 5. The lowest BCUT2D eigenvalue weighted by atomic mass is 10.1. The molecule has 0 amide bonds. The molecule has 1 aromatic carbocycles. The molecule has 0 aliphatic heterocycles. The van der Waals surface area contributed by atoms with Gasteiger partial charge >= 0.3 is 0 Å². The maximum absolute atomic E-state index is 12.3. The highest BCUT2D eigenvalue weighted by Crippen LogP contribution is 2.27. The van der Waals surface area contributed by atoms with Crippen molar-refractivity contribution in [2.24, 2.45) is 0 Å². The van der Waals surface area contributed by atoms with E-state index in [1.54, 1.807) is 12.1 Å². The summed E-state index contributed by atoms with van der Waals surface area (Å²) in [6.45, 7) is 0.0599. The third kappa shape index (κ3) is 4.01. The zero-order valence-electron chi connectivity index (χ0n) is 11.8. The molecular formula is C14H16ClNO5S. The van der Waals surface area contributed by atoms with Crippen molar-refractivity contribution in [1.29, 1.82) is 0 Å². The summed E-state index contributed by atoms with van der Waals surface area (Å²) in [5.41, 5.74) is 0.597. The van der Waals surface area contributed by atoms with E-state index < -0.39 is 16.1 Å². The molecule has 1 unspecified atom stereocenters. The number of rotatable bonds is 7. The van der Waals surface area contributed by atoms with Crippen LogP contribution in [0.25, 0.3) is 0 Å². The van der Waals surface area contributed by atoms with E-state index in [1.807, 2.05) is 0 Å². The van der Waals surface area contributed by atoms with E-state index in [4.69, 9.17) is 20.8 Å². The molecule has 6 nitrogen and oxygen atoms in total. The van der Waals surface area contributed by atoms with Crippen LogP contribution in [-0.4, -0.2) is 27.2 Å². The average Bonchev–Trinajstić information content (AvgIpc) is 3.01. The Bertz CT molecular complexity index is 715. The molecular weight excluding hydrogens is 330 g/mol. The minimum absolute atomic E-state index is 0.0414. The highest BCUT2D eigenvalue weighted by Gasteiger charge is 2.20. The Kier molecular flexibility index (Phi) is 5.47. The largest absolute Gasteiger partial charge is 0.495 e. The van der Waals surface area contributed by atoms with Gasteiger partial charge in [0.25, 0.3) is 0 Å². The maximum Gasteiger partial charge on any atom is 0.244 e. The molecule has 2 rings (SSSR count). The van der Waals surface area contributed by atoms with E-state index in [0.29, 0.717) is 10.6 Å². The van der Waals surface area contributed by atoms with E-state index in [0.717, 1.165) is 0 Å². The summed E-state index contributed by atoms with van der Waals surface area (Å²) < 4.78 is 36.9. The molecule has 2 aromatic rings. The number of sulfonamides is 1. The van der Waals surface area contributed by atoms with Crippen LogP contribution in [0, 0.1) is 0 Å². The molecule has 1 atom stereocenters. The number of halogens is 1. The van der Waals surface area contributed by atoms with Crippen molar-refractivity contribution in [3.05, 3.63) is 47.4 Å². The SMILES string of the molecule is COc1ccc(Cl)cc1S(=O)(=O)NCCC(O)c1ccoc1. The fourth-order valence-electron chi connectivity index (χ4n) is 1.90. The predicted octanol–water partition coefficient (Wildman–Crippen LogP) is 2.34. The van der Waals surface area contributed by atoms with Crippen molar-refractivity contribution in [2.75, 3.05) is 13.7 Å². The summed E-state index contributed by atoms with van der Waals surface area (Å²) in [5, 5.41) is 10.2. The lowest BCUT2D eigenvalue weighted by Crippen LogP contribution is -2.26. The number of nitrogens with one attached hydrogen (secondary N) is 1. The Morgan fingerprint density at radius 2 is 2.18 bits per heavy atom. The fourth-order valence-corrected chi connectivity index (χ4v) is 3.38. The van der Waals surface area contributed by atoms with Gasteiger partial charge in [0.05, 0.1) is 25.7 Å². The molecule has 0 fully saturated rings. The molecule has 0 saturated heterocycles. The number of aliphatic hydroxyl groups excluding tert-OH is 1. The zero-order chi connectivity index (χ0) is 16.2. The molecule has 22 heavy (non-hydrogen) atoms. The first kappa shape index (κ1) is 16.8. The van der Waals surface area contributed by atoms with Crippen LogP contribution in [0.4, 0.5) is 0 Å². The van der Waals surface area contributed by atoms with Gasteiger partial charge in [-0.2, -0.15) is 0 Å². The standard InChI is InChI=1S/C14H16ClNO5S/c1-20-13-3-2-11(15)8-14(13)22(18,19)16-6-4-12(17)10-5-7-21-9-10/h2-3,5,7-9,12,16-17H,4,6H2,1H3. The van der Waals surface area contributed by atoms with Gasteiger partial charge in [-0.25, -0.2) is 13.1 Å². The van der Waals surface area contributed by atoms with Gasteiger partial charge in [-0.1, -0.05) is 11.6 Å². The van der Waals surface area contributed by atoms with Gasteiger partial charge < -0.3 is 14.3 Å². The number of methoxy groups -OCH3 is 1. The van der Waals surface area contributed by atoms with Gasteiger partial charge in [-0.3, -0.25) is 0 Å². The molecule has 120 valence electrons. The van der Waals surface area contributed by atoms with Gasteiger partial charge in [-0.05, 0) is 30.7 Å². The van der Waals surface area contributed by atoms with Crippen molar-refractivity contribution < 1.29 is 22.7 Å². The zero-order valence-corrected chi connectivity index (χ0v) is 13.4. The first-order valence-corrected chi connectivity index (χ1v) is 8.33. The van der Waals surface area contributed by atoms with E-state index in [9.17, 15) is 13.5 Å². The van der Waals surface area contributed by atoms with Crippen molar-refractivity contribution in [3.8, 4) is 5.75 Å². The van der Waals surface area contributed by atoms with E-state index in [2.05, 4.69) is 4.72 Å². The predicted molar refractivity (Wildman–Crippen MR) is 81.5 cm³/mol. The van der Waals surface area contributed by atoms with Crippen molar-refractivity contribution in [1.82, 2.24) is 4.72 Å². The summed E-state index contributed by atoms with van der Waals surface area (Å²) >= 11 is 5.83. The van der Waals surface area contributed by atoms with Crippen LogP contribution in [0.2, 0.25) is 5.02 Å². The number of ether oxygens (including phenoxy) is 1. The maximum atomic E-state index is 12.3. The summed E-state index contributed by atoms with van der Waals surface area (Å²) in [4.78, 5) is -0.0414. The Morgan fingerprint density at radius 3 is 2.82 bits per heavy atom. The fraction of sp³-hybridized carbons (Fsp3) is 0.286. The van der Waals surface area contributed by atoms with Crippen molar-refractivity contribution >= 4 is 21.6 Å². The van der Waals surface area contributed by atoms with Gasteiger partial charge in [0.15, 0.2) is 0 Å². The third-order valence-corrected chi connectivity index (χ3v) is 4.77. The molecule has 8 heteroatoms. The summed E-state index contributed by atoms with van der Waals surface area (Å²) in [6.07, 6.45) is 2.27. The van der Waals surface area contributed by atoms with Crippen LogP contribution in [0.5, 0.6) is 5.75 Å². The van der Waals surface area contributed by atoms with Gasteiger partial charge in [0.1, 0.15) is 10.6 Å². The van der Waals surface area contributed by atoms with Crippen LogP contribution in [0.3, 0.4) is 0 Å². The van der Waals surface area contributed by atoms with Gasteiger partial charge in [0.2, 0.25) is 10.0 Å². The number of hydrogen-bond donors (Lipinski definition) is 2. The molecule has 0 saturated carbocycles. The van der Waals surface area contributed by atoms with Crippen LogP contribution in [0.15, 0.2) is 46.1 Å². The van der Waals surface area contributed by atoms with E-state index >= 15 is 0 Å². The topological polar surface area (TPSA) is 88.8 Å². The molecule has 0 aliphatic carbocycles. The monoisotopic (exact) mass is 345 g/mol. The van der Waals surface area contributed by atoms with E-state index in [-0.39, 0.29) is 23.6 Å². The summed E-state index contributed by atoms with van der Waals surface area (Å²) in [5.74, 6) is 0.201. The summed E-state index contributed by atoms with van der Waals surface area (Å²) in [7, 11) is -2.40. The smallest absolute Gasteiger partial charge is 0.244 e. The molecule has 0 aliphatic rings. The Balaban J connectivity index is 2.04. The first-order chi connectivity index (χ1) is 10.4. The van der Waals surface area contributed by atoms with Crippen LogP contribution in [-0.2, 0) is 10.0 Å². The highest BCUT2D eigenvalue weighted by atomic mass is 35.5. The van der Waals surface area contributed by atoms with Crippen LogP contribution < -0.4 is 9.46 Å². The first-order valence-electron chi connectivity index (χ1n) is 6.47. The lowest BCUT2D eigenvalue weighted by molar-refractivity contribution is 0.168. The molecule has 0 radical (unpaired) electrons. The molecule has 0 bridgehead atoms. The Morgan fingerprint density at radius 1 is 1.41 bits per heavy atom. The quantitative estimate of drug-likeness (QED) is 0.804. The van der Waals surface area contributed by atoms with Crippen LogP contribution in [0.1, 0.15) is 18.1 Å². The van der Waals surface area contributed by atoms with E-state index in [1.165, 1.54) is 31.8 Å². The highest BCUT2D eigenvalue weighted by molar-refractivity contribution is 7.89.